The van der Waals surface area contributed by atoms with Crippen LogP contribution in [0.25, 0.3) is 0 Å². The molecule has 0 spiro atoms. The average molecular weight is 490 g/mol. The van der Waals surface area contributed by atoms with Gasteiger partial charge in [-0.3, -0.25) is 14.3 Å². The van der Waals surface area contributed by atoms with Crippen LogP contribution in [0, 0.1) is 30.6 Å². The van der Waals surface area contributed by atoms with E-state index in [1.54, 1.807) is 17.8 Å². The van der Waals surface area contributed by atoms with E-state index in [0.717, 1.165) is 23.1 Å². The van der Waals surface area contributed by atoms with Crippen molar-refractivity contribution >= 4 is 29.2 Å². The second-order valence-electron chi connectivity index (χ2n) is 8.97. The number of halogens is 1. The number of hydrogen-bond donors (Lipinski definition) is 1. The van der Waals surface area contributed by atoms with Crippen LogP contribution >= 0.6 is 11.6 Å². The first-order valence-electron chi connectivity index (χ1n) is 11.6. The molecule has 0 radical (unpaired) electrons. The van der Waals surface area contributed by atoms with Crippen molar-refractivity contribution in [2.24, 2.45) is 11.8 Å². The SMILES string of the molecule is CC(=O)N1CCC(Cn2ncc(Cl)c2C(=O)Nc2ncc(C#Cc3ccccc3)cc2C)C(C)C1. The first kappa shape index (κ1) is 24.5. The highest BCUT2D eigenvalue weighted by Crippen LogP contribution is 2.27. The number of carbonyl (C=O) groups is 2. The minimum atomic E-state index is -0.361. The first-order chi connectivity index (χ1) is 16.8. The number of aromatic nitrogens is 3. The predicted molar refractivity (Wildman–Crippen MR) is 136 cm³/mol. The number of pyridine rings is 1. The van der Waals surface area contributed by atoms with Crippen molar-refractivity contribution in [3.05, 3.63) is 76.2 Å². The molecule has 0 bridgehead atoms. The van der Waals surface area contributed by atoms with Gasteiger partial charge in [-0.1, -0.05) is 48.6 Å². The summed E-state index contributed by atoms with van der Waals surface area (Å²) >= 11 is 6.35. The Bertz CT molecular complexity index is 1290. The molecule has 2 atom stereocenters. The smallest absolute Gasteiger partial charge is 0.276 e. The Balaban J connectivity index is 1.46. The summed E-state index contributed by atoms with van der Waals surface area (Å²) in [6.07, 6.45) is 3.99. The van der Waals surface area contributed by atoms with E-state index in [1.807, 2.05) is 48.2 Å². The van der Waals surface area contributed by atoms with Crippen molar-refractivity contribution < 1.29 is 9.59 Å². The first-order valence-corrected chi connectivity index (χ1v) is 12.0. The Hall–Kier alpha value is -3.63. The summed E-state index contributed by atoms with van der Waals surface area (Å²) in [6, 6.07) is 11.6. The van der Waals surface area contributed by atoms with E-state index in [2.05, 4.69) is 34.2 Å². The molecule has 3 heterocycles. The molecule has 3 aromatic rings. The Labute approximate surface area is 210 Å². The molecule has 1 N–H and O–H groups in total. The minimum Gasteiger partial charge on any atom is -0.343 e. The van der Waals surface area contributed by atoms with Gasteiger partial charge < -0.3 is 10.2 Å². The molecule has 8 heteroatoms. The number of amides is 2. The maximum absolute atomic E-state index is 13.2. The number of likely N-dealkylation sites (tertiary alicyclic amines) is 1. The van der Waals surface area contributed by atoms with Crippen LogP contribution in [0.15, 0.2) is 48.8 Å². The van der Waals surface area contributed by atoms with Crippen molar-refractivity contribution in [3.8, 4) is 11.8 Å². The Morgan fingerprint density at radius 1 is 1.17 bits per heavy atom. The van der Waals surface area contributed by atoms with Crippen LogP contribution in [0.4, 0.5) is 5.82 Å². The van der Waals surface area contributed by atoms with Gasteiger partial charge in [-0.15, -0.1) is 0 Å². The average Bonchev–Trinajstić information content (AvgIpc) is 3.21. The summed E-state index contributed by atoms with van der Waals surface area (Å²) in [5.41, 5.74) is 2.79. The Morgan fingerprint density at radius 2 is 1.91 bits per heavy atom. The van der Waals surface area contributed by atoms with Gasteiger partial charge in [0.1, 0.15) is 11.5 Å². The molecule has 0 aliphatic carbocycles. The highest BCUT2D eigenvalue weighted by atomic mass is 35.5. The van der Waals surface area contributed by atoms with Gasteiger partial charge in [0.15, 0.2) is 0 Å². The fourth-order valence-corrected chi connectivity index (χ4v) is 4.53. The van der Waals surface area contributed by atoms with E-state index in [1.165, 1.54) is 6.20 Å². The van der Waals surface area contributed by atoms with Crippen LogP contribution in [-0.2, 0) is 11.3 Å². The number of aryl methyl sites for hydroxylation is 1. The lowest BCUT2D eigenvalue weighted by Crippen LogP contribution is -2.43. The van der Waals surface area contributed by atoms with Crippen LogP contribution in [0.3, 0.4) is 0 Å². The highest BCUT2D eigenvalue weighted by molar-refractivity contribution is 6.34. The van der Waals surface area contributed by atoms with Crippen molar-refractivity contribution in [1.29, 1.82) is 0 Å². The molecule has 2 unspecified atom stereocenters. The Morgan fingerprint density at radius 3 is 2.60 bits per heavy atom. The Kier molecular flexibility index (Phi) is 7.52. The number of carbonyl (C=O) groups excluding carboxylic acids is 2. The summed E-state index contributed by atoms with van der Waals surface area (Å²) in [6.45, 7) is 7.58. The third-order valence-electron chi connectivity index (χ3n) is 6.38. The fourth-order valence-electron chi connectivity index (χ4n) is 4.31. The zero-order valence-electron chi connectivity index (χ0n) is 20.1. The van der Waals surface area contributed by atoms with Crippen molar-refractivity contribution in [1.82, 2.24) is 19.7 Å². The van der Waals surface area contributed by atoms with Crippen molar-refractivity contribution in [2.45, 2.75) is 33.7 Å². The number of nitrogens with one attached hydrogen (secondary N) is 1. The van der Waals surface area contributed by atoms with E-state index in [9.17, 15) is 9.59 Å². The molecule has 2 aromatic heterocycles. The number of piperidine rings is 1. The number of benzene rings is 1. The van der Waals surface area contributed by atoms with Gasteiger partial charge in [-0.05, 0) is 48.9 Å². The van der Waals surface area contributed by atoms with E-state index >= 15 is 0 Å². The molecule has 35 heavy (non-hydrogen) atoms. The van der Waals surface area contributed by atoms with Crippen LogP contribution in [-0.4, -0.2) is 44.6 Å². The summed E-state index contributed by atoms with van der Waals surface area (Å²) in [4.78, 5) is 31.1. The van der Waals surface area contributed by atoms with Gasteiger partial charge in [0.05, 0.1) is 11.2 Å². The fraction of sp³-hybridized carbons (Fsp3) is 0.333. The molecule has 2 amide bonds. The molecule has 1 aliphatic rings. The van der Waals surface area contributed by atoms with Gasteiger partial charge in [0.2, 0.25) is 5.91 Å². The summed E-state index contributed by atoms with van der Waals surface area (Å²) in [5.74, 6) is 6.98. The third-order valence-corrected chi connectivity index (χ3v) is 6.66. The monoisotopic (exact) mass is 489 g/mol. The molecular formula is C27H28ClN5O2. The normalized spacial score (nSPS) is 17.4. The molecule has 1 aliphatic heterocycles. The van der Waals surface area contributed by atoms with Crippen LogP contribution in [0.5, 0.6) is 0 Å². The maximum Gasteiger partial charge on any atom is 0.276 e. The lowest BCUT2D eigenvalue weighted by Gasteiger charge is -2.36. The topological polar surface area (TPSA) is 80.1 Å². The number of rotatable bonds is 4. The summed E-state index contributed by atoms with van der Waals surface area (Å²) in [7, 11) is 0. The van der Waals surface area contributed by atoms with Gasteiger partial charge >= 0.3 is 0 Å². The van der Waals surface area contributed by atoms with Crippen LogP contribution < -0.4 is 5.32 Å². The summed E-state index contributed by atoms with van der Waals surface area (Å²) in [5, 5.41) is 7.52. The number of anilines is 1. The molecule has 1 fully saturated rings. The van der Waals surface area contributed by atoms with E-state index in [4.69, 9.17) is 11.6 Å². The van der Waals surface area contributed by atoms with Gasteiger partial charge in [0.25, 0.3) is 5.91 Å². The standard InChI is InChI=1S/C27H28ClN5O2/c1-18-13-22(10-9-21-7-5-4-6-8-21)14-29-26(18)31-27(35)25-24(28)15-30-33(25)17-23-11-12-32(20(3)34)16-19(23)2/h4-8,13-15,19,23H,11-12,16-17H2,1-3H3,(H,29,31,35). The predicted octanol–water partition coefficient (Wildman–Crippen LogP) is 4.40. The number of hydrogen-bond acceptors (Lipinski definition) is 4. The van der Waals surface area contributed by atoms with Crippen molar-refractivity contribution in [2.75, 3.05) is 18.4 Å². The van der Waals surface area contributed by atoms with Gasteiger partial charge in [0, 0.05) is 43.9 Å². The molecule has 4 rings (SSSR count). The highest BCUT2D eigenvalue weighted by Gasteiger charge is 2.29. The maximum atomic E-state index is 13.2. The molecule has 180 valence electrons. The lowest BCUT2D eigenvalue weighted by atomic mass is 9.87. The molecule has 1 aromatic carbocycles. The second kappa shape index (κ2) is 10.7. The van der Waals surface area contributed by atoms with E-state index in [-0.39, 0.29) is 17.7 Å². The lowest BCUT2D eigenvalue weighted by molar-refractivity contribution is -0.131. The van der Waals surface area contributed by atoms with Crippen molar-refractivity contribution in [3.63, 3.8) is 0 Å². The third kappa shape index (κ3) is 5.90. The molecular weight excluding hydrogens is 462 g/mol. The van der Waals surface area contributed by atoms with Crippen LogP contribution in [0.1, 0.15) is 47.4 Å². The zero-order valence-corrected chi connectivity index (χ0v) is 20.8. The molecule has 0 saturated carbocycles. The van der Waals surface area contributed by atoms with Crippen LogP contribution in [0.2, 0.25) is 5.02 Å². The van der Waals surface area contributed by atoms with E-state index in [0.29, 0.717) is 42.1 Å². The van der Waals surface area contributed by atoms with Gasteiger partial charge in [-0.25, -0.2) is 4.98 Å². The quantitative estimate of drug-likeness (QED) is 0.551. The molecule has 1 saturated heterocycles. The zero-order chi connectivity index (χ0) is 24.9. The minimum absolute atomic E-state index is 0.0948. The summed E-state index contributed by atoms with van der Waals surface area (Å²) < 4.78 is 1.66. The second-order valence-corrected chi connectivity index (χ2v) is 9.38. The largest absolute Gasteiger partial charge is 0.343 e. The number of nitrogens with zero attached hydrogens (tertiary/aromatic N) is 4. The van der Waals surface area contributed by atoms with E-state index < -0.39 is 0 Å². The molecule has 7 nitrogen and oxygen atoms in total. The van der Waals surface area contributed by atoms with Gasteiger partial charge in [-0.2, -0.15) is 5.10 Å².